The minimum absolute atomic E-state index is 0.289. The lowest BCUT2D eigenvalue weighted by Crippen LogP contribution is -2.17. The maximum absolute atomic E-state index is 2.39. The maximum atomic E-state index is 2.39. The van der Waals surface area contributed by atoms with Gasteiger partial charge in [-0.05, 0) is 43.2 Å². The smallest absolute Gasteiger partial charge is 0.0207 e. The lowest BCUT2D eigenvalue weighted by molar-refractivity contribution is 0.622. The van der Waals surface area contributed by atoms with E-state index in [1.54, 1.807) is 0 Å². The van der Waals surface area contributed by atoms with E-state index in [0.717, 1.165) is 11.3 Å². The predicted octanol–water partition coefficient (Wildman–Crippen LogP) is 6.82. The third kappa shape index (κ3) is 7.13. The van der Waals surface area contributed by atoms with E-state index < -0.39 is 0 Å². The number of hydrogen-bond donors (Lipinski definition) is 0. The SMILES string of the molecule is CCCC(CCC)P(CCC)C(CCC)CCC. The van der Waals surface area contributed by atoms with Gasteiger partial charge in [0.2, 0.25) is 0 Å². The second-order valence-electron chi connectivity index (χ2n) is 5.70. The summed E-state index contributed by atoms with van der Waals surface area (Å²) in [6, 6.07) is 0. The van der Waals surface area contributed by atoms with E-state index in [0.29, 0.717) is 0 Å². The molecule has 0 heterocycles. The van der Waals surface area contributed by atoms with Gasteiger partial charge in [-0.25, -0.2) is 0 Å². The quantitative estimate of drug-likeness (QED) is 0.342. The molecule has 0 radical (unpaired) electrons. The Bertz CT molecular complexity index is 139. The van der Waals surface area contributed by atoms with Crippen molar-refractivity contribution < 1.29 is 0 Å². The molecule has 0 aromatic heterocycles. The van der Waals surface area contributed by atoms with Crippen LogP contribution < -0.4 is 0 Å². The zero-order chi connectivity index (χ0) is 13.8. The molecule has 0 atom stereocenters. The number of rotatable bonds is 12. The van der Waals surface area contributed by atoms with Crippen molar-refractivity contribution in [2.45, 2.75) is 104 Å². The van der Waals surface area contributed by atoms with Crippen molar-refractivity contribution in [1.29, 1.82) is 0 Å². The Morgan fingerprint density at radius 3 is 1.11 bits per heavy atom. The van der Waals surface area contributed by atoms with Crippen LogP contribution in [-0.4, -0.2) is 17.5 Å². The Morgan fingerprint density at radius 1 is 0.556 bits per heavy atom. The topological polar surface area (TPSA) is 0 Å². The van der Waals surface area contributed by atoms with Crippen LogP contribution >= 0.6 is 7.92 Å². The maximum Gasteiger partial charge on any atom is -0.0207 e. The fourth-order valence-electron chi connectivity index (χ4n) is 3.21. The Hall–Kier alpha value is 0.430. The summed E-state index contributed by atoms with van der Waals surface area (Å²) in [5.74, 6) is 0. The van der Waals surface area contributed by atoms with Crippen LogP contribution in [0, 0.1) is 0 Å². The highest BCUT2D eigenvalue weighted by molar-refractivity contribution is 7.59. The van der Waals surface area contributed by atoms with Gasteiger partial charge >= 0.3 is 0 Å². The van der Waals surface area contributed by atoms with E-state index in [9.17, 15) is 0 Å². The van der Waals surface area contributed by atoms with E-state index >= 15 is 0 Å². The van der Waals surface area contributed by atoms with Gasteiger partial charge in [0, 0.05) is 0 Å². The molecule has 0 rings (SSSR count). The zero-order valence-corrected chi connectivity index (χ0v) is 14.6. The van der Waals surface area contributed by atoms with Crippen LogP contribution in [0.3, 0.4) is 0 Å². The summed E-state index contributed by atoms with van der Waals surface area (Å²) in [5, 5.41) is 0. The van der Waals surface area contributed by atoms with Crippen LogP contribution in [0.5, 0.6) is 0 Å². The van der Waals surface area contributed by atoms with Gasteiger partial charge in [-0.15, -0.1) is 7.92 Å². The minimum atomic E-state index is 0.289. The van der Waals surface area contributed by atoms with Gasteiger partial charge in [0.1, 0.15) is 0 Å². The van der Waals surface area contributed by atoms with Gasteiger partial charge < -0.3 is 0 Å². The van der Waals surface area contributed by atoms with Crippen LogP contribution in [0.1, 0.15) is 92.4 Å². The molecule has 0 saturated carbocycles. The molecule has 0 aliphatic rings. The first-order chi connectivity index (χ1) is 8.74. The van der Waals surface area contributed by atoms with Gasteiger partial charge in [0.05, 0.1) is 0 Å². The molecule has 0 aliphatic carbocycles. The van der Waals surface area contributed by atoms with E-state index in [1.807, 2.05) is 0 Å². The molecule has 0 aromatic carbocycles. The molecule has 1 heteroatoms. The van der Waals surface area contributed by atoms with Crippen molar-refractivity contribution >= 4 is 7.92 Å². The summed E-state index contributed by atoms with van der Waals surface area (Å²) < 4.78 is 0. The summed E-state index contributed by atoms with van der Waals surface area (Å²) in [6.45, 7) is 11.9. The highest BCUT2D eigenvalue weighted by Gasteiger charge is 2.25. The van der Waals surface area contributed by atoms with Crippen molar-refractivity contribution in [3.8, 4) is 0 Å². The van der Waals surface area contributed by atoms with Crippen molar-refractivity contribution in [3.05, 3.63) is 0 Å². The second kappa shape index (κ2) is 12.5. The predicted molar refractivity (Wildman–Crippen MR) is 89.3 cm³/mol. The lowest BCUT2D eigenvalue weighted by Gasteiger charge is -2.34. The second-order valence-corrected chi connectivity index (χ2v) is 8.64. The highest BCUT2D eigenvalue weighted by atomic mass is 31.1. The first-order valence-electron chi connectivity index (χ1n) is 8.50. The Kier molecular flexibility index (Phi) is 12.8. The molecular formula is C17H37P. The van der Waals surface area contributed by atoms with E-state index in [1.165, 1.54) is 63.9 Å². The van der Waals surface area contributed by atoms with Gasteiger partial charge in [0.25, 0.3) is 0 Å². The molecule has 0 N–H and O–H groups in total. The van der Waals surface area contributed by atoms with Crippen molar-refractivity contribution in [1.82, 2.24) is 0 Å². The fourth-order valence-corrected chi connectivity index (χ4v) is 7.41. The van der Waals surface area contributed by atoms with Crippen LogP contribution in [0.25, 0.3) is 0 Å². The van der Waals surface area contributed by atoms with Crippen molar-refractivity contribution in [2.75, 3.05) is 6.16 Å². The summed E-state index contributed by atoms with van der Waals surface area (Å²) in [6.07, 6.45) is 14.4. The van der Waals surface area contributed by atoms with E-state index in [-0.39, 0.29) is 7.92 Å². The standard InChI is InChI=1S/C17H37P/c1-6-11-16(12-7-2)18(15-10-5)17(13-8-3)14-9-4/h16-17H,6-15H2,1-5H3. The largest absolute Gasteiger partial charge is 0.100 e. The van der Waals surface area contributed by atoms with Crippen molar-refractivity contribution in [2.24, 2.45) is 0 Å². The molecule has 0 aromatic rings. The fraction of sp³-hybridized carbons (Fsp3) is 1.00. The van der Waals surface area contributed by atoms with Crippen LogP contribution in [0.15, 0.2) is 0 Å². The third-order valence-electron chi connectivity index (χ3n) is 3.91. The summed E-state index contributed by atoms with van der Waals surface area (Å²) >= 11 is 0. The minimum Gasteiger partial charge on any atom is -0.100 e. The first kappa shape index (κ1) is 18.4. The van der Waals surface area contributed by atoms with Crippen LogP contribution in [-0.2, 0) is 0 Å². The van der Waals surface area contributed by atoms with Gasteiger partial charge in [0.15, 0.2) is 0 Å². The lowest BCUT2D eigenvalue weighted by atomic mass is 10.1. The normalized spacial score (nSPS) is 12.0. The van der Waals surface area contributed by atoms with Crippen molar-refractivity contribution in [3.63, 3.8) is 0 Å². The highest BCUT2D eigenvalue weighted by Crippen LogP contribution is 2.53. The molecule has 0 aliphatic heterocycles. The summed E-state index contributed by atoms with van der Waals surface area (Å²) in [7, 11) is 0.289. The zero-order valence-electron chi connectivity index (χ0n) is 13.7. The first-order valence-corrected chi connectivity index (χ1v) is 10.2. The molecule has 0 bridgehead atoms. The third-order valence-corrected chi connectivity index (χ3v) is 7.78. The monoisotopic (exact) mass is 272 g/mol. The van der Waals surface area contributed by atoms with Crippen LogP contribution in [0.2, 0.25) is 0 Å². The molecule has 0 spiro atoms. The van der Waals surface area contributed by atoms with Crippen LogP contribution in [0.4, 0.5) is 0 Å². The van der Waals surface area contributed by atoms with E-state index in [2.05, 4.69) is 34.6 Å². The average molecular weight is 272 g/mol. The van der Waals surface area contributed by atoms with Gasteiger partial charge in [-0.3, -0.25) is 0 Å². The molecule has 0 nitrogen and oxygen atoms in total. The number of hydrogen-bond acceptors (Lipinski definition) is 0. The molecular weight excluding hydrogens is 235 g/mol. The Balaban J connectivity index is 4.69. The van der Waals surface area contributed by atoms with Gasteiger partial charge in [-0.2, -0.15) is 0 Å². The summed E-state index contributed by atoms with van der Waals surface area (Å²) in [4.78, 5) is 0. The van der Waals surface area contributed by atoms with E-state index in [4.69, 9.17) is 0 Å². The molecule has 18 heavy (non-hydrogen) atoms. The Labute approximate surface area is 118 Å². The molecule has 0 fully saturated rings. The molecule has 0 unspecified atom stereocenters. The summed E-state index contributed by atoms with van der Waals surface area (Å²) in [5.41, 5.74) is 2.14. The molecule has 0 amide bonds. The molecule has 0 saturated heterocycles. The Morgan fingerprint density at radius 2 is 0.889 bits per heavy atom. The van der Waals surface area contributed by atoms with Gasteiger partial charge in [-0.1, -0.05) is 66.7 Å². The average Bonchev–Trinajstić information content (AvgIpc) is 2.36. The molecule has 110 valence electrons.